The van der Waals surface area contributed by atoms with E-state index in [2.05, 4.69) is 21.3 Å². The number of carbonyl (C=O) groups excluding carboxylic acids is 1. The highest BCUT2D eigenvalue weighted by molar-refractivity contribution is 9.10. The number of hydrogen-bond acceptors (Lipinski definition) is 3. The monoisotopic (exact) mass is 353 g/mol. The van der Waals surface area contributed by atoms with Gasteiger partial charge in [-0.2, -0.15) is 11.3 Å². The van der Waals surface area contributed by atoms with Crippen LogP contribution in [0.3, 0.4) is 0 Å². The van der Waals surface area contributed by atoms with Crippen LogP contribution in [0.5, 0.6) is 0 Å². The summed E-state index contributed by atoms with van der Waals surface area (Å²) in [6, 6.07) is 9.47. The van der Waals surface area contributed by atoms with Crippen molar-refractivity contribution in [2.45, 2.75) is 6.54 Å². The Kier molecular flexibility index (Phi) is 5.76. The summed E-state index contributed by atoms with van der Waals surface area (Å²) < 4.78 is 6.07. The lowest BCUT2D eigenvalue weighted by Gasteiger charge is -2.22. The number of ether oxygens (including phenoxy) is 1. The molecule has 2 aromatic rings. The maximum atomic E-state index is 12.5. The van der Waals surface area contributed by atoms with Crippen LogP contribution in [0.15, 0.2) is 45.6 Å². The summed E-state index contributed by atoms with van der Waals surface area (Å²) in [7, 11) is 1.65. The third-order valence-electron chi connectivity index (χ3n) is 2.90. The molecule has 0 aliphatic heterocycles. The molecule has 0 unspecified atom stereocenters. The zero-order valence-corrected chi connectivity index (χ0v) is 13.6. The van der Waals surface area contributed by atoms with Gasteiger partial charge in [0.15, 0.2) is 0 Å². The summed E-state index contributed by atoms with van der Waals surface area (Å²) in [5.41, 5.74) is 1.84. The van der Waals surface area contributed by atoms with E-state index in [1.165, 1.54) is 0 Å². The fourth-order valence-electron chi connectivity index (χ4n) is 1.83. The van der Waals surface area contributed by atoms with E-state index in [-0.39, 0.29) is 5.91 Å². The minimum absolute atomic E-state index is 0.0285. The second-order valence-corrected chi connectivity index (χ2v) is 6.05. The van der Waals surface area contributed by atoms with Gasteiger partial charge in [0.1, 0.15) is 0 Å². The van der Waals surface area contributed by atoms with Crippen LogP contribution in [0.2, 0.25) is 0 Å². The molecule has 3 nitrogen and oxygen atoms in total. The van der Waals surface area contributed by atoms with Gasteiger partial charge in [-0.15, -0.1) is 0 Å². The minimum Gasteiger partial charge on any atom is -0.383 e. The molecule has 106 valence electrons. The first-order valence-electron chi connectivity index (χ1n) is 6.25. The Morgan fingerprint density at radius 3 is 2.65 bits per heavy atom. The molecule has 0 bridgehead atoms. The Morgan fingerprint density at radius 2 is 2.05 bits per heavy atom. The molecule has 0 N–H and O–H groups in total. The number of methoxy groups -OCH3 is 1. The van der Waals surface area contributed by atoms with Crippen LogP contribution in [0.4, 0.5) is 0 Å². The molecule has 1 heterocycles. The summed E-state index contributed by atoms with van der Waals surface area (Å²) in [5, 5.41) is 4.09. The van der Waals surface area contributed by atoms with Gasteiger partial charge in [0.05, 0.1) is 6.61 Å². The highest BCUT2D eigenvalue weighted by Gasteiger charge is 2.16. The Hall–Kier alpha value is -1.17. The van der Waals surface area contributed by atoms with Crippen LogP contribution in [0.1, 0.15) is 15.9 Å². The van der Waals surface area contributed by atoms with Gasteiger partial charge in [-0.25, -0.2) is 0 Å². The normalized spacial score (nSPS) is 10.5. The predicted octanol–water partition coefficient (Wildman–Crippen LogP) is 3.80. The first-order chi connectivity index (χ1) is 9.70. The van der Waals surface area contributed by atoms with Crippen molar-refractivity contribution in [3.05, 3.63) is 56.7 Å². The van der Waals surface area contributed by atoms with Crippen molar-refractivity contribution in [1.82, 2.24) is 4.90 Å². The molecule has 0 spiro atoms. The van der Waals surface area contributed by atoms with Gasteiger partial charge in [-0.3, -0.25) is 4.79 Å². The summed E-state index contributed by atoms with van der Waals surface area (Å²) in [6.45, 7) is 1.73. The zero-order chi connectivity index (χ0) is 14.4. The number of thiophene rings is 1. The number of nitrogens with zero attached hydrogens (tertiary/aromatic N) is 1. The predicted molar refractivity (Wildman–Crippen MR) is 85.1 cm³/mol. The summed E-state index contributed by atoms with van der Waals surface area (Å²) in [5.74, 6) is 0.0285. The molecule has 20 heavy (non-hydrogen) atoms. The van der Waals surface area contributed by atoms with Crippen LogP contribution in [0.25, 0.3) is 0 Å². The second kappa shape index (κ2) is 7.57. The average molecular weight is 354 g/mol. The van der Waals surface area contributed by atoms with Gasteiger partial charge in [0.25, 0.3) is 5.91 Å². The van der Waals surface area contributed by atoms with Crippen molar-refractivity contribution in [1.29, 1.82) is 0 Å². The number of amides is 1. The van der Waals surface area contributed by atoms with Gasteiger partial charge in [0.2, 0.25) is 0 Å². The largest absolute Gasteiger partial charge is 0.383 e. The summed E-state index contributed by atoms with van der Waals surface area (Å²) in [4.78, 5) is 14.4. The average Bonchev–Trinajstić information content (AvgIpc) is 2.96. The number of benzene rings is 1. The molecule has 0 atom stereocenters. The molecule has 0 aliphatic carbocycles. The van der Waals surface area contributed by atoms with Crippen LogP contribution in [0, 0.1) is 0 Å². The molecule has 1 aromatic heterocycles. The van der Waals surface area contributed by atoms with Crippen LogP contribution in [-0.2, 0) is 11.3 Å². The van der Waals surface area contributed by atoms with E-state index in [1.54, 1.807) is 18.4 Å². The van der Waals surface area contributed by atoms with Crippen molar-refractivity contribution in [3.63, 3.8) is 0 Å². The Balaban J connectivity index is 2.12. The van der Waals surface area contributed by atoms with Crippen LogP contribution in [-0.4, -0.2) is 31.1 Å². The molecule has 0 radical (unpaired) electrons. The van der Waals surface area contributed by atoms with Crippen LogP contribution >= 0.6 is 27.3 Å². The molecule has 2 rings (SSSR count). The molecule has 5 heteroatoms. The first-order valence-corrected chi connectivity index (χ1v) is 7.99. The maximum absolute atomic E-state index is 12.5. The number of carbonyl (C=O) groups is 1. The Bertz CT molecular complexity index is 540. The molecular formula is C15H16BrNO2S. The van der Waals surface area contributed by atoms with Crippen molar-refractivity contribution in [2.75, 3.05) is 20.3 Å². The lowest BCUT2D eigenvalue weighted by atomic mass is 10.2. The third-order valence-corrected chi connectivity index (χ3v) is 4.16. The SMILES string of the molecule is COCCN(Cc1ccsc1)C(=O)c1ccc(Br)cc1. The zero-order valence-electron chi connectivity index (χ0n) is 11.2. The second-order valence-electron chi connectivity index (χ2n) is 4.36. The smallest absolute Gasteiger partial charge is 0.254 e. The van der Waals surface area contributed by atoms with E-state index in [0.717, 1.165) is 10.0 Å². The number of hydrogen-bond donors (Lipinski definition) is 0. The third kappa shape index (κ3) is 4.16. The molecular weight excluding hydrogens is 338 g/mol. The molecule has 0 saturated carbocycles. The highest BCUT2D eigenvalue weighted by Crippen LogP contribution is 2.15. The fourth-order valence-corrected chi connectivity index (χ4v) is 2.76. The molecule has 0 aliphatic rings. The van der Waals surface area contributed by atoms with E-state index in [0.29, 0.717) is 25.3 Å². The van der Waals surface area contributed by atoms with Gasteiger partial charge < -0.3 is 9.64 Å². The summed E-state index contributed by atoms with van der Waals surface area (Å²) in [6.07, 6.45) is 0. The lowest BCUT2D eigenvalue weighted by molar-refractivity contribution is 0.0680. The first kappa shape index (κ1) is 15.2. The van der Waals surface area contributed by atoms with E-state index in [4.69, 9.17) is 4.74 Å². The van der Waals surface area contributed by atoms with Crippen molar-refractivity contribution < 1.29 is 9.53 Å². The number of halogens is 1. The van der Waals surface area contributed by atoms with Gasteiger partial charge in [-0.05, 0) is 46.7 Å². The lowest BCUT2D eigenvalue weighted by Crippen LogP contribution is -2.33. The number of rotatable bonds is 6. The fraction of sp³-hybridized carbons (Fsp3) is 0.267. The van der Waals surface area contributed by atoms with Gasteiger partial charge in [0, 0.05) is 30.2 Å². The minimum atomic E-state index is 0.0285. The van der Waals surface area contributed by atoms with Crippen LogP contribution < -0.4 is 0 Å². The molecule has 0 fully saturated rings. The van der Waals surface area contributed by atoms with E-state index >= 15 is 0 Å². The molecule has 1 aromatic carbocycles. The topological polar surface area (TPSA) is 29.5 Å². The molecule has 0 saturated heterocycles. The quantitative estimate of drug-likeness (QED) is 0.790. The summed E-state index contributed by atoms with van der Waals surface area (Å²) >= 11 is 5.02. The highest BCUT2D eigenvalue weighted by atomic mass is 79.9. The Morgan fingerprint density at radius 1 is 1.30 bits per heavy atom. The van der Waals surface area contributed by atoms with Crippen molar-refractivity contribution >= 4 is 33.2 Å². The maximum Gasteiger partial charge on any atom is 0.254 e. The Labute approximate surface area is 131 Å². The van der Waals surface area contributed by atoms with Crippen molar-refractivity contribution in [3.8, 4) is 0 Å². The standard InChI is InChI=1S/C15H16BrNO2S/c1-19-8-7-17(10-12-6-9-20-11-12)15(18)13-2-4-14(16)5-3-13/h2-6,9,11H,7-8,10H2,1H3. The van der Waals surface area contributed by atoms with E-state index in [9.17, 15) is 4.79 Å². The van der Waals surface area contributed by atoms with E-state index in [1.807, 2.05) is 40.6 Å². The van der Waals surface area contributed by atoms with E-state index < -0.39 is 0 Å². The molecule has 1 amide bonds. The van der Waals surface area contributed by atoms with Crippen molar-refractivity contribution in [2.24, 2.45) is 0 Å². The van der Waals surface area contributed by atoms with Gasteiger partial charge in [-0.1, -0.05) is 15.9 Å². The van der Waals surface area contributed by atoms with Gasteiger partial charge >= 0.3 is 0 Å².